The van der Waals surface area contributed by atoms with Gasteiger partial charge in [0.15, 0.2) is 0 Å². The van der Waals surface area contributed by atoms with Crippen molar-refractivity contribution in [1.29, 1.82) is 0 Å². The fourth-order valence-corrected chi connectivity index (χ4v) is 5.30. The van der Waals surface area contributed by atoms with Crippen LogP contribution in [0.1, 0.15) is 37.7 Å². The van der Waals surface area contributed by atoms with Crippen LogP contribution in [0, 0.1) is 0 Å². The highest BCUT2D eigenvalue weighted by Gasteiger charge is 2.41. The Balaban J connectivity index is 1.57. The lowest BCUT2D eigenvalue weighted by atomic mass is 10.0. The van der Waals surface area contributed by atoms with Gasteiger partial charge in [0, 0.05) is 36.6 Å². The van der Waals surface area contributed by atoms with Gasteiger partial charge in [0.2, 0.25) is 23.6 Å². The Morgan fingerprint density at radius 1 is 1.03 bits per heavy atom. The fraction of sp³-hybridized carbons (Fsp3) is 0.480. The van der Waals surface area contributed by atoms with Crippen molar-refractivity contribution >= 4 is 40.5 Å². The average molecular weight is 513 g/mol. The van der Waals surface area contributed by atoms with Crippen LogP contribution in [0.15, 0.2) is 30.5 Å². The molecule has 0 spiro atoms. The number of likely N-dealkylation sites (tertiary alicyclic amines) is 2. The van der Waals surface area contributed by atoms with Gasteiger partial charge < -0.3 is 36.7 Å². The molecule has 3 heterocycles. The molecule has 4 unspecified atom stereocenters. The number of fused-ring (bicyclic) bond motifs is 1. The van der Waals surface area contributed by atoms with Crippen LogP contribution >= 0.6 is 0 Å². The lowest BCUT2D eigenvalue weighted by Gasteiger charge is -2.30. The molecule has 37 heavy (non-hydrogen) atoms. The van der Waals surface area contributed by atoms with Crippen molar-refractivity contribution < 1.29 is 29.1 Å². The zero-order chi connectivity index (χ0) is 26.7. The van der Waals surface area contributed by atoms with Gasteiger partial charge in [-0.25, -0.2) is 4.79 Å². The number of nitrogens with one attached hydrogen (secondary N) is 2. The van der Waals surface area contributed by atoms with Crippen LogP contribution in [0.25, 0.3) is 10.9 Å². The number of nitrogens with two attached hydrogens (primary N) is 2. The van der Waals surface area contributed by atoms with Gasteiger partial charge in [-0.3, -0.25) is 19.2 Å². The number of carboxylic acid groups (broad SMARTS) is 1. The van der Waals surface area contributed by atoms with Gasteiger partial charge in [-0.05, 0) is 37.3 Å². The van der Waals surface area contributed by atoms with Crippen LogP contribution < -0.4 is 16.8 Å². The van der Waals surface area contributed by atoms with E-state index in [1.165, 1.54) is 9.80 Å². The maximum Gasteiger partial charge on any atom is 0.326 e. The molecule has 2 aromatic rings. The molecule has 4 atom stereocenters. The van der Waals surface area contributed by atoms with E-state index in [4.69, 9.17) is 11.5 Å². The van der Waals surface area contributed by atoms with Crippen LogP contribution in [0.5, 0.6) is 0 Å². The number of amides is 4. The smallest absolute Gasteiger partial charge is 0.326 e. The number of benzene rings is 1. The Kier molecular flexibility index (Phi) is 7.77. The van der Waals surface area contributed by atoms with Gasteiger partial charge in [-0.2, -0.15) is 0 Å². The van der Waals surface area contributed by atoms with E-state index >= 15 is 0 Å². The maximum absolute atomic E-state index is 13.6. The second-order valence-corrected chi connectivity index (χ2v) is 9.62. The molecule has 0 bridgehead atoms. The fourth-order valence-electron chi connectivity index (χ4n) is 5.30. The molecule has 4 amide bonds. The molecule has 0 saturated carbocycles. The maximum atomic E-state index is 13.6. The summed E-state index contributed by atoms with van der Waals surface area (Å²) in [5.41, 5.74) is 12.7. The largest absolute Gasteiger partial charge is 0.480 e. The van der Waals surface area contributed by atoms with Crippen LogP contribution in [0.3, 0.4) is 0 Å². The summed E-state index contributed by atoms with van der Waals surface area (Å²) in [5.74, 6) is -3.37. The Morgan fingerprint density at radius 2 is 1.68 bits per heavy atom. The van der Waals surface area contributed by atoms with Crippen molar-refractivity contribution in [2.75, 3.05) is 13.1 Å². The molecule has 2 aliphatic rings. The van der Waals surface area contributed by atoms with Crippen LogP contribution in [-0.4, -0.2) is 86.7 Å². The minimum Gasteiger partial charge on any atom is -0.480 e. The predicted molar refractivity (Wildman–Crippen MR) is 133 cm³/mol. The Hall–Kier alpha value is -3.93. The number of aliphatic carboxylic acids is 1. The first-order chi connectivity index (χ1) is 17.7. The summed E-state index contributed by atoms with van der Waals surface area (Å²) >= 11 is 0. The Bertz CT molecular complexity index is 1210. The van der Waals surface area contributed by atoms with E-state index in [9.17, 15) is 29.1 Å². The number of aromatic amines is 1. The van der Waals surface area contributed by atoms with E-state index in [1.54, 1.807) is 6.20 Å². The molecule has 198 valence electrons. The summed E-state index contributed by atoms with van der Waals surface area (Å²) in [6, 6.07) is 3.53. The van der Waals surface area contributed by atoms with E-state index in [0.717, 1.165) is 16.5 Å². The number of hydrogen-bond acceptors (Lipinski definition) is 6. The first kappa shape index (κ1) is 26.1. The standard InChI is InChI=1S/C25H32N6O6/c26-16(12-21(27)32)23(34)30-9-3-7-19(30)22(33)29-18(24(35)31-10-4-8-20(31)25(36)37)11-14-13-28-17-6-2-1-5-15(14)17/h1-2,5-6,13,16,18-20,28H,3-4,7-12,26H2,(H2,27,32)(H,29,33)(H,36,37). The third-order valence-electron chi connectivity index (χ3n) is 7.11. The quantitative estimate of drug-likeness (QED) is 0.298. The van der Waals surface area contributed by atoms with Crippen LogP contribution in [-0.2, 0) is 30.4 Å². The van der Waals surface area contributed by atoms with Crippen molar-refractivity contribution in [1.82, 2.24) is 20.1 Å². The van der Waals surface area contributed by atoms with Gasteiger partial charge in [0.25, 0.3) is 0 Å². The lowest BCUT2D eigenvalue weighted by molar-refractivity contribution is -0.149. The number of carbonyl (C=O) groups is 5. The number of rotatable bonds is 9. The summed E-state index contributed by atoms with van der Waals surface area (Å²) in [6.07, 6.45) is 3.40. The van der Waals surface area contributed by atoms with Crippen molar-refractivity contribution in [3.63, 3.8) is 0 Å². The van der Waals surface area contributed by atoms with Gasteiger partial charge in [0.1, 0.15) is 18.1 Å². The molecule has 12 nitrogen and oxygen atoms in total. The summed E-state index contributed by atoms with van der Waals surface area (Å²) in [7, 11) is 0. The summed E-state index contributed by atoms with van der Waals surface area (Å²) in [4.78, 5) is 68.6. The molecule has 0 radical (unpaired) electrons. The van der Waals surface area contributed by atoms with E-state index in [2.05, 4.69) is 10.3 Å². The number of nitrogens with zero attached hydrogens (tertiary/aromatic N) is 2. The molecule has 1 aromatic heterocycles. The average Bonchev–Trinajstić information content (AvgIpc) is 3.62. The summed E-state index contributed by atoms with van der Waals surface area (Å²) in [6.45, 7) is 0.573. The number of para-hydroxylation sites is 1. The number of hydrogen-bond donors (Lipinski definition) is 5. The Labute approximate surface area is 213 Å². The van der Waals surface area contributed by atoms with Crippen molar-refractivity contribution in [2.24, 2.45) is 11.5 Å². The molecule has 4 rings (SSSR count). The molecular weight excluding hydrogens is 480 g/mol. The van der Waals surface area contributed by atoms with Crippen LogP contribution in [0.2, 0.25) is 0 Å². The topological polar surface area (TPSA) is 192 Å². The number of carbonyl (C=O) groups excluding carboxylic acids is 4. The minimum absolute atomic E-state index is 0.138. The molecule has 1 aromatic carbocycles. The lowest BCUT2D eigenvalue weighted by Crippen LogP contribution is -2.57. The SMILES string of the molecule is NC(=O)CC(N)C(=O)N1CCCC1C(=O)NC(Cc1c[nH]c2ccccc12)C(=O)N1CCCC1C(=O)O. The van der Waals surface area contributed by atoms with Gasteiger partial charge in [-0.15, -0.1) is 0 Å². The van der Waals surface area contributed by atoms with E-state index in [0.29, 0.717) is 25.7 Å². The zero-order valence-corrected chi connectivity index (χ0v) is 20.4. The third kappa shape index (κ3) is 5.58. The molecule has 7 N–H and O–H groups in total. The van der Waals surface area contributed by atoms with E-state index in [-0.39, 0.29) is 25.9 Å². The normalized spacial score (nSPS) is 21.1. The third-order valence-corrected chi connectivity index (χ3v) is 7.11. The number of H-pyrrole nitrogens is 1. The monoisotopic (exact) mass is 512 g/mol. The zero-order valence-electron chi connectivity index (χ0n) is 20.4. The van der Waals surface area contributed by atoms with Crippen molar-refractivity contribution in [3.05, 3.63) is 36.0 Å². The van der Waals surface area contributed by atoms with E-state index in [1.807, 2.05) is 24.3 Å². The molecular formula is C25H32N6O6. The molecule has 2 aliphatic heterocycles. The van der Waals surface area contributed by atoms with Crippen LogP contribution in [0.4, 0.5) is 0 Å². The number of carboxylic acids is 1. The summed E-state index contributed by atoms with van der Waals surface area (Å²) < 4.78 is 0. The van der Waals surface area contributed by atoms with Crippen molar-refractivity contribution in [3.8, 4) is 0 Å². The first-order valence-corrected chi connectivity index (χ1v) is 12.4. The Morgan fingerprint density at radius 3 is 2.35 bits per heavy atom. The number of primary amides is 1. The molecule has 12 heteroatoms. The van der Waals surface area contributed by atoms with E-state index < -0.39 is 53.8 Å². The number of aromatic nitrogens is 1. The molecule has 2 fully saturated rings. The highest BCUT2D eigenvalue weighted by molar-refractivity contribution is 5.96. The van der Waals surface area contributed by atoms with Gasteiger partial charge in [-0.1, -0.05) is 18.2 Å². The van der Waals surface area contributed by atoms with Crippen molar-refractivity contribution in [2.45, 2.75) is 62.7 Å². The highest BCUT2D eigenvalue weighted by atomic mass is 16.4. The highest BCUT2D eigenvalue weighted by Crippen LogP contribution is 2.24. The second-order valence-electron chi connectivity index (χ2n) is 9.62. The minimum atomic E-state index is -1.16. The second kappa shape index (κ2) is 11.0. The van der Waals surface area contributed by atoms with Gasteiger partial charge >= 0.3 is 5.97 Å². The van der Waals surface area contributed by atoms with Gasteiger partial charge in [0.05, 0.1) is 12.5 Å². The molecule has 2 saturated heterocycles. The first-order valence-electron chi connectivity index (χ1n) is 12.4. The molecule has 0 aliphatic carbocycles. The summed E-state index contributed by atoms with van der Waals surface area (Å²) in [5, 5.41) is 13.3. The predicted octanol–water partition coefficient (Wildman–Crippen LogP) is -0.535.